The second-order valence-corrected chi connectivity index (χ2v) is 7.55. The molecule has 0 unspecified atom stereocenters. The summed E-state index contributed by atoms with van der Waals surface area (Å²) in [7, 11) is 2.98. The van der Waals surface area contributed by atoms with Crippen LogP contribution >= 0.6 is 11.6 Å². The fourth-order valence-electron chi connectivity index (χ4n) is 2.83. The lowest BCUT2D eigenvalue weighted by Crippen LogP contribution is -2.32. The molecule has 0 saturated heterocycles. The third-order valence-electron chi connectivity index (χ3n) is 4.73. The molecule has 180 valence electrons. The molecular weight excluding hydrogens is 474 g/mol. The first-order valence-electron chi connectivity index (χ1n) is 10.3. The van der Waals surface area contributed by atoms with Crippen LogP contribution in [-0.2, 0) is 9.59 Å². The number of methoxy groups -OCH3 is 2. The number of halogens is 1. The van der Waals surface area contributed by atoms with Gasteiger partial charge in [0.2, 0.25) is 0 Å². The van der Waals surface area contributed by atoms with Crippen molar-refractivity contribution in [1.29, 1.82) is 0 Å². The van der Waals surface area contributed by atoms with Gasteiger partial charge in [-0.15, -0.1) is 0 Å². The first-order valence-corrected chi connectivity index (χ1v) is 10.6. The van der Waals surface area contributed by atoms with E-state index in [0.29, 0.717) is 39.1 Å². The molecule has 3 aromatic rings. The third kappa shape index (κ3) is 6.81. The zero-order valence-electron chi connectivity index (χ0n) is 19.1. The number of rotatable bonds is 7. The molecule has 0 spiro atoms. The fourth-order valence-corrected chi connectivity index (χ4v) is 3.01. The number of nitrogens with zero attached hydrogens (tertiary/aromatic N) is 1. The standard InChI is InChI=1S/C25H22ClN3O6/c1-15-4-8-18(13-20(15)26)28-23(30)24(31)29-27-14-16-5-9-19(10-6-16)35-25(32)17-7-11-21(33-2)22(12-17)34-3/h4-14H,1-3H3,(H,28,30)(H,29,31)/b27-14-. The van der Waals surface area contributed by atoms with Gasteiger partial charge < -0.3 is 19.5 Å². The molecule has 0 aromatic heterocycles. The topological polar surface area (TPSA) is 115 Å². The summed E-state index contributed by atoms with van der Waals surface area (Å²) in [5, 5.41) is 6.67. The number of ether oxygens (including phenoxy) is 3. The number of hydrogen-bond acceptors (Lipinski definition) is 7. The summed E-state index contributed by atoms with van der Waals surface area (Å²) in [5.41, 5.74) is 4.28. The van der Waals surface area contributed by atoms with Crippen molar-refractivity contribution >= 4 is 41.3 Å². The summed E-state index contributed by atoms with van der Waals surface area (Å²) in [4.78, 5) is 36.3. The van der Waals surface area contributed by atoms with Crippen LogP contribution in [0.1, 0.15) is 21.5 Å². The van der Waals surface area contributed by atoms with Gasteiger partial charge in [0.15, 0.2) is 11.5 Å². The molecule has 2 amide bonds. The highest BCUT2D eigenvalue weighted by Crippen LogP contribution is 2.28. The molecule has 0 aliphatic carbocycles. The summed E-state index contributed by atoms with van der Waals surface area (Å²) in [5.74, 6) is -1.19. The van der Waals surface area contributed by atoms with Crippen molar-refractivity contribution in [2.24, 2.45) is 5.10 Å². The van der Waals surface area contributed by atoms with E-state index in [1.807, 2.05) is 6.92 Å². The van der Waals surface area contributed by atoms with Gasteiger partial charge in [0.1, 0.15) is 5.75 Å². The number of aryl methyl sites for hydroxylation is 1. The van der Waals surface area contributed by atoms with Crippen molar-refractivity contribution < 1.29 is 28.6 Å². The summed E-state index contributed by atoms with van der Waals surface area (Å²) >= 11 is 6.01. The van der Waals surface area contributed by atoms with E-state index in [1.165, 1.54) is 26.5 Å². The Labute approximate surface area is 206 Å². The lowest BCUT2D eigenvalue weighted by atomic mass is 10.2. The van der Waals surface area contributed by atoms with Crippen LogP contribution in [0.3, 0.4) is 0 Å². The van der Waals surface area contributed by atoms with Gasteiger partial charge in [-0.1, -0.05) is 17.7 Å². The van der Waals surface area contributed by atoms with Crippen molar-refractivity contribution in [3.05, 3.63) is 82.4 Å². The SMILES string of the molecule is COc1ccc(C(=O)Oc2ccc(/C=N\NC(=O)C(=O)Nc3ccc(C)c(Cl)c3)cc2)cc1OC. The molecule has 0 aliphatic heterocycles. The Bertz CT molecular complexity index is 1270. The molecule has 0 radical (unpaired) electrons. The Hall–Kier alpha value is -4.37. The molecule has 0 fully saturated rings. The molecule has 2 N–H and O–H groups in total. The van der Waals surface area contributed by atoms with E-state index < -0.39 is 17.8 Å². The van der Waals surface area contributed by atoms with E-state index in [9.17, 15) is 14.4 Å². The molecular formula is C25H22ClN3O6. The number of esters is 1. The Morgan fingerprint density at radius 1 is 0.886 bits per heavy atom. The first-order chi connectivity index (χ1) is 16.8. The van der Waals surface area contributed by atoms with Gasteiger partial charge in [0, 0.05) is 10.7 Å². The maximum atomic E-state index is 12.4. The fraction of sp³-hybridized carbons (Fsp3) is 0.120. The van der Waals surface area contributed by atoms with Crippen molar-refractivity contribution in [2.75, 3.05) is 19.5 Å². The lowest BCUT2D eigenvalue weighted by molar-refractivity contribution is -0.136. The van der Waals surface area contributed by atoms with Crippen LogP contribution in [0.4, 0.5) is 5.69 Å². The van der Waals surface area contributed by atoms with Gasteiger partial charge in [-0.05, 0) is 72.6 Å². The average Bonchev–Trinajstić information content (AvgIpc) is 2.86. The molecule has 35 heavy (non-hydrogen) atoms. The predicted molar refractivity (Wildman–Crippen MR) is 132 cm³/mol. The molecule has 0 atom stereocenters. The molecule has 0 heterocycles. The van der Waals surface area contributed by atoms with E-state index >= 15 is 0 Å². The van der Waals surface area contributed by atoms with Gasteiger partial charge in [-0.25, -0.2) is 10.2 Å². The van der Waals surface area contributed by atoms with Crippen LogP contribution in [0.5, 0.6) is 17.2 Å². The van der Waals surface area contributed by atoms with Crippen LogP contribution in [-0.4, -0.2) is 38.2 Å². The highest BCUT2D eigenvalue weighted by Gasteiger charge is 2.14. The minimum atomic E-state index is -0.946. The smallest absolute Gasteiger partial charge is 0.343 e. The largest absolute Gasteiger partial charge is 0.493 e. The van der Waals surface area contributed by atoms with E-state index in [1.54, 1.807) is 54.6 Å². The Balaban J connectivity index is 1.53. The van der Waals surface area contributed by atoms with Crippen molar-refractivity contribution in [2.45, 2.75) is 6.92 Å². The molecule has 0 aliphatic rings. The zero-order chi connectivity index (χ0) is 25.4. The predicted octanol–water partition coefficient (Wildman–Crippen LogP) is 3.97. The highest BCUT2D eigenvalue weighted by molar-refractivity contribution is 6.39. The van der Waals surface area contributed by atoms with Crippen molar-refractivity contribution in [3.63, 3.8) is 0 Å². The number of carbonyl (C=O) groups excluding carboxylic acids is 3. The zero-order valence-corrected chi connectivity index (χ0v) is 19.9. The first kappa shape index (κ1) is 25.3. The van der Waals surface area contributed by atoms with Crippen molar-refractivity contribution in [3.8, 4) is 17.2 Å². The Morgan fingerprint density at radius 2 is 1.60 bits per heavy atom. The number of hydrogen-bond donors (Lipinski definition) is 2. The third-order valence-corrected chi connectivity index (χ3v) is 5.13. The lowest BCUT2D eigenvalue weighted by Gasteiger charge is -2.09. The van der Waals surface area contributed by atoms with Crippen LogP contribution in [0.25, 0.3) is 0 Å². The number of carbonyl (C=O) groups is 3. The Morgan fingerprint density at radius 3 is 2.26 bits per heavy atom. The molecule has 10 heteroatoms. The van der Waals surface area contributed by atoms with Crippen LogP contribution in [0.2, 0.25) is 5.02 Å². The molecule has 0 bridgehead atoms. The van der Waals surface area contributed by atoms with E-state index in [4.69, 9.17) is 25.8 Å². The van der Waals surface area contributed by atoms with Crippen LogP contribution in [0, 0.1) is 6.92 Å². The van der Waals surface area contributed by atoms with Gasteiger partial charge in [-0.2, -0.15) is 5.10 Å². The average molecular weight is 496 g/mol. The van der Waals surface area contributed by atoms with E-state index in [0.717, 1.165) is 5.56 Å². The van der Waals surface area contributed by atoms with Crippen molar-refractivity contribution in [1.82, 2.24) is 5.43 Å². The second kappa shape index (κ2) is 11.7. The van der Waals surface area contributed by atoms with Crippen LogP contribution in [0.15, 0.2) is 65.8 Å². The van der Waals surface area contributed by atoms with Gasteiger partial charge >= 0.3 is 17.8 Å². The van der Waals surface area contributed by atoms with Gasteiger partial charge in [0.25, 0.3) is 0 Å². The summed E-state index contributed by atoms with van der Waals surface area (Å²) in [6.07, 6.45) is 1.34. The number of hydrazone groups is 1. The maximum absolute atomic E-state index is 12.4. The molecule has 0 saturated carbocycles. The number of anilines is 1. The number of amides is 2. The molecule has 3 rings (SSSR count). The quantitative estimate of drug-likeness (QED) is 0.168. The minimum absolute atomic E-state index is 0.294. The van der Waals surface area contributed by atoms with Crippen LogP contribution < -0.4 is 25.0 Å². The Kier molecular flexibility index (Phi) is 8.42. The van der Waals surface area contributed by atoms with E-state index in [2.05, 4.69) is 15.8 Å². The number of nitrogens with one attached hydrogen (secondary N) is 2. The number of benzene rings is 3. The summed E-state index contributed by atoms with van der Waals surface area (Å²) < 4.78 is 15.7. The molecule has 3 aromatic carbocycles. The second-order valence-electron chi connectivity index (χ2n) is 7.15. The summed E-state index contributed by atoms with van der Waals surface area (Å²) in [6.45, 7) is 1.82. The van der Waals surface area contributed by atoms with Gasteiger partial charge in [-0.3, -0.25) is 9.59 Å². The van der Waals surface area contributed by atoms with Gasteiger partial charge in [0.05, 0.1) is 26.0 Å². The normalized spacial score (nSPS) is 10.5. The molecule has 9 nitrogen and oxygen atoms in total. The monoisotopic (exact) mass is 495 g/mol. The van der Waals surface area contributed by atoms with E-state index in [-0.39, 0.29) is 0 Å². The highest BCUT2D eigenvalue weighted by atomic mass is 35.5. The summed E-state index contributed by atoms with van der Waals surface area (Å²) in [6, 6.07) is 16.0. The maximum Gasteiger partial charge on any atom is 0.343 e. The minimum Gasteiger partial charge on any atom is -0.493 e.